The molecule has 4 rings (SSSR count). The highest BCUT2D eigenvalue weighted by molar-refractivity contribution is 6.31. The first-order valence-electron chi connectivity index (χ1n) is 9.00. The molecule has 2 aliphatic heterocycles. The third kappa shape index (κ3) is 2.59. The molecule has 2 atom stereocenters. The maximum atomic E-state index is 13.2. The lowest BCUT2D eigenvalue weighted by atomic mass is 9.68. The SMILES string of the molecule is CC1C(=O)NC2=C(C#N)C(c3ccccc3Cl)C3=C(CC(C)(C)CC3=O)N21. The van der Waals surface area contributed by atoms with Gasteiger partial charge in [0.05, 0.1) is 17.6 Å². The molecule has 2 unspecified atom stereocenters. The minimum atomic E-state index is -0.556. The number of halogens is 1. The molecular formula is C21H20ClN3O2. The van der Waals surface area contributed by atoms with E-state index in [2.05, 4.69) is 25.2 Å². The van der Waals surface area contributed by atoms with Crippen molar-refractivity contribution in [2.24, 2.45) is 5.41 Å². The second-order valence-corrected chi connectivity index (χ2v) is 8.57. The minimum Gasteiger partial charge on any atom is -0.318 e. The standard InChI is InChI=1S/C21H20ClN3O2/c1-11-20(27)24-19-13(10-23)17(12-6-4-5-7-14(12)22)18-15(25(11)19)8-21(2,3)9-16(18)26/h4-7,11,17H,8-9H2,1-3H3,(H,24,27). The van der Waals surface area contributed by atoms with Crippen molar-refractivity contribution >= 4 is 23.3 Å². The largest absolute Gasteiger partial charge is 0.318 e. The topological polar surface area (TPSA) is 73.2 Å². The minimum absolute atomic E-state index is 0.0181. The lowest BCUT2D eigenvalue weighted by Gasteiger charge is -2.43. The quantitative estimate of drug-likeness (QED) is 0.806. The molecule has 1 aromatic carbocycles. The first kappa shape index (κ1) is 17.8. The number of Topliss-reactive ketones (excluding diaryl/α,β-unsaturated/α-hetero) is 1. The van der Waals surface area contributed by atoms with E-state index < -0.39 is 12.0 Å². The maximum absolute atomic E-state index is 13.2. The Morgan fingerprint density at radius 1 is 1.26 bits per heavy atom. The predicted molar refractivity (Wildman–Crippen MR) is 101 cm³/mol. The summed E-state index contributed by atoms with van der Waals surface area (Å²) in [7, 11) is 0. The molecule has 6 heteroatoms. The fraction of sp³-hybridized carbons (Fsp3) is 0.381. The van der Waals surface area contributed by atoms with Crippen LogP contribution in [-0.2, 0) is 9.59 Å². The van der Waals surface area contributed by atoms with E-state index in [1.807, 2.05) is 23.1 Å². The number of ketones is 1. The molecular weight excluding hydrogens is 362 g/mol. The smallest absolute Gasteiger partial charge is 0.248 e. The zero-order valence-electron chi connectivity index (χ0n) is 15.5. The molecule has 27 heavy (non-hydrogen) atoms. The van der Waals surface area contributed by atoms with Gasteiger partial charge in [-0.05, 0) is 30.4 Å². The molecule has 1 fully saturated rings. The molecule has 0 radical (unpaired) electrons. The molecule has 0 bridgehead atoms. The van der Waals surface area contributed by atoms with Crippen molar-refractivity contribution in [1.82, 2.24) is 10.2 Å². The van der Waals surface area contributed by atoms with E-state index in [0.29, 0.717) is 34.8 Å². The molecule has 0 saturated carbocycles. The fourth-order valence-electron chi connectivity index (χ4n) is 4.42. The Morgan fingerprint density at radius 3 is 2.63 bits per heavy atom. The van der Waals surface area contributed by atoms with Gasteiger partial charge in [-0.15, -0.1) is 0 Å². The highest BCUT2D eigenvalue weighted by Gasteiger charge is 2.49. The summed E-state index contributed by atoms with van der Waals surface area (Å²) in [6, 6.07) is 9.06. The fourth-order valence-corrected chi connectivity index (χ4v) is 4.67. The van der Waals surface area contributed by atoms with Gasteiger partial charge in [-0.2, -0.15) is 5.26 Å². The van der Waals surface area contributed by atoms with Crippen molar-refractivity contribution in [3.8, 4) is 6.07 Å². The lowest BCUT2D eigenvalue weighted by molar-refractivity contribution is -0.121. The first-order chi connectivity index (χ1) is 12.7. The monoisotopic (exact) mass is 381 g/mol. The average molecular weight is 382 g/mol. The Labute approximate surface area is 163 Å². The van der Waals surface area contributed by atoms with Crippen LogP contribution in [-0.4, -0.2) is 22.6 Å². The third-order valence-electron chi connectivity index (χ3n) is 5.61. The van der Waals surface area contributed by atoms with Gasteiger partial charge in [-0.1, -0.05) is 43.6 Å². The van der Waals surface area contributed by atoms with Crippen LogP contribution in [0.4, 0.5) is 0 Å². The van der Waals surface area contributed by atoms with E-state index in [-0.39, 0.29) is 17.1 Å². The summed E-state index contributed by atoms with van der Waals surface area (Å²) in [6.45, 7) is 5.90. The summed E-state index contributed by atoms with van der Waals surface area (Å²) >= 11 is 6.45. The van der Waals surface area contributed by atoms with Gasteiger partial charge >= 0.3 is 0 Å². The van der Waals surface area contributed by atoms with Crippen LogP contribution in [0.5, 0.6) is 0 Å². The third-order valence-corrected chi connectivity index (χ3v) is 5.95. The normalized spacial score (nSPS) is 26.6. The molecule has 2 heterocycles. The van der Waals surface area contributed by atoms with Crippen molar-refractivity contribution < 1.29 is 9.59 Å². The first-order valence-corrected chi connectivity index (χ1v) is 9.38. The molecule has 3 aliphatic rings. The number of benzene rings is 1. The zero-order valence-corrected chi connectivity index (χ0v) is 16.2. The van der Waals surface area contributed by atoms with E-state index in [0.717, 1.165) is 11.3 Å². The Hall–Kier alpha value is -2.58. The Morgan fingerprint density at radius 2 is 1.96 bits per heavy atom. The van der Waals surface area contributed by atoms with Gasteiger partial charge in [-0.25, -0.2) is 0 Å². The van der Waals surface area contributed by atoms with Crippen LogP contribution >= 0.6 is 11.6 Å². The molecule has 1 saturated heterocycles. The molecule has 5 nitrogen and oxygen atoms in total. The number of nitriles is 1. The number of fused-ring (bicyclic) bond motifs is 2. The second kappa shape index (κ2) is 5.97. The number of carbonyl (C=O) groups is 2. The summed E-state index contributed by atoms with van der Waals surface area (Å²) in [4.78, 5) is 27.5. The summed E-state index contributed by atoms with van der Waals surface area (Å²) in [5.41, 5.74) is 2.32. The number of hydrogen-bond donors (Lipinski definition) is 1. The Kier molecular flexibility index (Phi) is 3.94. The number of nitrogens with one attached hydrogen (secondary N) is 1. The van der Waals surface area contributed by atoms with E-state index in [9.17, 15) is 14.9 Å². The summed E-state index contributed by atoms with van der Waals surface area (Å²) in [5.74, 6) is -0.215. The van der Waals surface area contributed by atoms with Crippen LogP contribution in [0.1, 0.15) is 45.1 Å². The van der Waals surface area contributed by atoms with Crippen molar-refractivity contribution in [2.45, 2.75) is 45.6 Å². The van der Waals surface area contributed by atoms with E-state index in [4.69, 9.17) is 11.6 Å². The van der Waals surface area contributed by atoms with E-state index in [1.165, 1.54) is 0 Å². The zero-order chi connectivity index (χ0) is 19.5. The highest BCUT2D eigenvalue weighted by atomic mass is 35.5. The molecule has 1 amide bonds. The van der Waals surface area contributed by atoms with Crippen LogP contribution in [0.3, 0.4) is 0 Å². The highest BCUT2D eigenvalue weighted by Crippen LogP contribution is 2.51. The van der Waals surface area contributed by atoms with Gasteiger partial charge in [0.2, 0.25) is 5.91 Å². The number of allylic oxidation sites excluding steroid dienone is 3. The number of nitrogens with zero attached hydrogens (tertiary/aromatic N) is 2. The van der Waals surface area contributed by atoms with Gasteiger partial charge < -0.3 is 10.2 Å². The van der Waals surface area contributed by atoms with Crippen LogP contribution in [0, 0.1) is 16.7 Å². The second-order valence-electron chi connectivity index (χ2n) is 8.17. The molecule has 0 spiro atoms. The van der Waals surface area contributed by atoms with Crippen LogP contribution < -0.4 is 5.32 Å². The summed E-state index contributed by atoms with van der Waals surface area (Å²) < 4.78 is 0. The molecule has 138 valence electrons. The predicted octanol–water partition coefficient (Wildman–Crippen LogP) is 3.64. The maximum Gasteiger partial charge on any atom is 0.248 e. The average Bonchev–Trinajstić information content (AvgIpc) is 2.88. The number of amides is 1. The summed E-state index contributed by atoms with van der Waals surface area (Å²) in [5, 5.41) is 13.3. The molecule has 1 aliphatic carbocycles. The van der Waals surface area contributed by atoms with Gasteiger partial charge in [0.25, 0.3) is 0 Å². The van der Waals surface area contributed by atoms with Crippen LogP contribution in [0.25, 0.3) is 0 Å². The van der Waals surface area contributed by atoms with Crippen LogP contribution in [0.2, 0.25) is 5.02 Å². The van der Waals surface area contributed by atoms with Gasteiger partial charge in [-0.3, -0.25) is 9.59 Å². The molecule has 0 aromatic heterocycles. The van der Waals surface area contributed by atoms with Gasteiger partial charge in [0, 0.05) is 22.7 Å². The van der Waals surface area contributed by atoms with Crippen molar-refractivity contribution in [2.75, 3.05) is 0 Å². The van der Waals surface area contributed by atoms with Crippen LogP contribution in [0.15, 0.2) is 46.9 Å². The van der Waals surface area contributed by atoms with Crippen molar-refractivity contribution in [3.05, 3.63) is 57.5 Å². The summed E-state index contributed by atoms with van der Waals surface area (Å²) in [6.07, 6.45) is 1.07. The van der Waals surface area contributed by atoms with E-state index >= 15 is 0 Å². The Bertz CT molecular complexity index is 983. The number of rotatable bonds is 1. The number of carbonyl (C=O) groups excluding carboxylic acids is 2. The molecule has 1 N–H and O–H groups in total. The van der Waals surface area contributed by atoms with Gasteiger partial charge in [0.1, 0.15) is 11.9 Å². The van der Waals surface area contributed by atoms with E-state index in [1.54, 1.807) is 13.0 Å². The Balaban J connectivity index is 2.02. The lowest BCUT2D eigenvalue weighted by Crippen LogP contribution is -2.41. The number of hydrogen-bond acceptors (Lipinski definition) is 4. The van der Waals surface area contributed by atoms with Crippen molar-refractivity contribution in [1.29, 1.82) is 5.26 Å². The van der Waals surface area contributed by atoms with Crippen molar-refractivity contribution in [3.63, 3.8) is 0 Å². The van der Waals surface area contributed by atoms with Gasteiger partial charge in [0.15, 0.2) is 5.78 Å². The molecule has 1 aromatic rings.